The molecule has 1 aromatic carbocycles. The lowest BCUT2D eigenvalue weighted by atomic mass is 9.91. The lowest BCUT2D eigenvalue weighted by Gasteiger charge is -2.40. The molecule has 0 radical (unpaired) electrons. The van der Waals surface area contributed by atoms with Crippen LogP contribution < -0.4 is 9.64 Å². The first-order valence-corrected chi connectivity index (χ1v) is 10.4. The number of ether oxygens (including phenoxy) is 1. The van der Waals surface area contributed by atoms with E-state index in [1.165, 1.54) is 28.0 Å². The molecule has 0 unspecified atom stereocenters. The number of piperidine rings is 1. The fourth-order valence-corrected chi connectivity index (χ4v) is 3.74. The van der Waals surface area contributed by atoms with Crippen LogP contribution in [0.2, 0.25) is 0 Å². The molecule has 0 spiro atoms. The molecule has 2 fully saturated rings. The predicted molar refractivity (Wildman–Crippen MR) is 108 cm³/mol. The largest absolute Gasteiger partial charge is 0.465 e. The van der Waals surface area contributed by atoms with E-state index < -0.39 is 35.3 Å². The molecule has 2 N–H and O–H groups in total. The van der Waals surface area contributed by atoms with E-state index in [0.717, 1.165) is 18.9 Å². The second-order valence-corrected chi connectivity index (χ2v) is 8.30. The summed E-state index contributed by atoms with van der Waals surface area (Å²) in [5.74, 6) is -1.27. The van der Waals surface area contributed by atoms with Gasteiger partial charge in [0.05, 0.1) is 12.1 Å². The van der Waals surface area contributed by atoms with Crippen LogP contribution in [0.25, 0.3) is 0 Å². The minimum absolute atomic E-state index is 0.0189. The van der Waals surface area contributed by atoms with Gasteiger partial charge in [-0.15, -0.1) is 0 Å². The van der Waals surface area contributed by atoms with Crippen molar-refractivity contribution in [1.82, 2.24) is 14.9 Å². The van der Waals surface area contributed by atoms with Gasteiger partial charge in [0.1, 0.15) is 11.6 Å². The minimum atomic E-state index is -4.76. The Bertz CT molecular complexity index is 1020. The number of aliphatic hydroxyl groups is 1. The van der Waals surface area contributed by atoms with Gasteiger partial charge in [-0.25, -0.2) is 14.2 Å². The average Bonchev–Trinajstić information content (AvgIpc) is 3.57. The number of alkyl halides is 3. The zero-order valence-corrected chi connectivity index (χ0v) is 17.4. The normalized spacial score (nSPS) is 18.2. The molecule has 1 aliphatic heterocycles. The number of nitrogens with zero attached hydrogens (tertiary/aromatic N) is 4. The van der Waals surface area contributed by atoms with Crippen LogP contribution in [-0.4, -0.2) is 62.5 Å². The van der Waals surface area contributed by atoms with Gasteiger partial charge >= 0.3 is 12.3 Å². The number of anilines is 1. The van der Waals surface area contributed by atoms with E-state index in [0.29, 0.717) is 6.07 Å². The van der Waals surface area contributed by atoms with Crippen molar-refractivity contribution in [3.05, 3.63) is 41.8 Å². The molecule has 1 aromatic heterocycles. The molecule has 1 amide bonds. The van der Waals surface area contributed by atoms with Crippen molar-refractivity contribution >= 4 is 12.0 Å². The average molecular weight is 470 g/mol. The molecule has 0 atom stereocenters. The molecule has 12 heteroatoms. The van der Waals surface area contributed by atoms with Crippen molar-refractivity contribution in [2.75, 3.05) is 24.5 Å². The Balaban J connectivity index is 1.51. The number of hydrogen-bond acceptors (Lipinski definition) is 6. The van der Waals surface area contributed by atoms with E-state index in [4.69, 9.17) is 4.74 Å². The van der Waals surface area contributed by atoms with Gasteiger partial charge in [0.15, 0.2) is 5.69 Å². The third-order valence-electron chi connectivity index (χ3n) is 5.67. The lowest BCUT2D eigenvalue weighted by Crippen LogP contribution is -2.52. The molecule has 8 nitrogen and oxygen atoms in total. The summed E-state index contributed by atoms with van der Waals surface area (Å²) in [6.07, 6.45) is -4.11. The molecule has 0 bridgehead atoms. The van der Waals surface area contributed by atoms with E-state index in [9.17, 15) is 32.6 Å². The summed E-state index contributed by atoms with van der Waals surface area (Å²) in [5, 5.41) is 20.3. The maximum Gasteiger partial charge on any atom is 0.433 e. The maximum absolute atomic E-state index is 13.4. The first-order valence-electron chi connectivity index (χ1n) is 10.4. The van der Waals surface area contributed by atoms with Gasteiger partial charge in [0.2, 0.25) is 11.8 Å². The number of rotatable bonds is 6. The van der Waals surface area contributed by atoms with E-state index in [2.05, 4.69) is 9.97 Å². The molecule has 1 aliphatic carbocycles. The van der Waals surface area contributed by atoms with Crippen LogP contribution >= 0.6 is 0 Å². The number of carbonyl (C=O) groups is 1. The summed E-state index contributed by atoms with van der Waals surface area (Å²) in [6.45, 7) is 0.183. The summed E-state index contributed by atoms with van der Waals surface area (Å²) in [5.41, 5.74) is -2.51. The Morgan fingerprint density at radius 1 is 1.21 bits per heavy atom. The zero-order chi connectivity index (χ0) is 23.8. The second kappa shape index (κ2) is 8.65. The molecule has 33 heavy (non-hydrogen) atoms. The van der Waals surface area contributed by atoms with E-state index in [-0.39, 0.29) is 50.2 Å². The third-order valence-corrected chi connectivity index (χ3v) is 5.67. The van der Waals surface area contributed by atoms with Gasteiger partial charge in [0.25, 0.3) is 0 Å². The van der Waals surface area contributed by atoms with Gasteiger partial charge in [0, 0.05) is 31.3 Å². The molecular weight excluding hydrogens is 448 g/mol. The summed E-state index contributed by atoms with van der Waals surface area (Å²) in [7, 11) is 0. The maximum atomic E-state index is 13.4. The molecule has 2 aromatic rings. The van der Waals surface area contributed by atoms with Crippen LogP contribution in [-0.2, 0) is 6.18 Å². The highest BCUT2D eigenvalue weighted by molar-refractivity contribution is 5.66. The third kappa shape index (κ3) is 5.62. The van der Waals surface area contributed by atoms with Crippen LogP contribution in [0.15, 0.2) is 30.3 Å². The molecule has 178 valence electrons. The predicted octanol–water partition coefficient (Wildman–Crippen LogP) is 3.90. The standard InChI is InChI=1S/C21H22F4N4O4/c22-13-2-1-3-15(10-13)33-17-11-16(21(23,24)25)26-18(27-17)28-8-6-20(32,7-9-28)12-29(19(30)31)14-4-5-14/h1-3,10-11,14,32H,4-9,12H2,(H,30,31). The summed E-state index contributed by atoms with van der Waals surface area (Å²) < 4.78 is 59.0. The number of amides is 1. The number of aromatic nitrogens is 2. The lowest BCUT2D eigenvalue weighted by molar-refractivity contribution is -0.141. The number of hydrogen-bond donors (Lipinski definition) is 2. The highest BCUT2D eigenvalue weighted by Crippen LogP contribution is 2.35. The zero-order valence-electron chi connectivity index (χ0n) is 17.4. The Hall–Kier alpha value is -3.15. The quantitative estimate of drug-likeness (QED) is 0.618. The van der Waals surface area contributed by atoms with Crippen molar-refractivity contribution in [3.63, 3.8) is 0 Å². The van der Waals surface area contributed by atoms with E-state index >= 15 is 0 Å². The topological polar surface area (TPSA) is 99.0 Å². The number of halogens is 4. The van der Waals surface area contributed by atoms with Crippen molar-refractivity contribution in [2.45, 2.75) is 43.5 Å². The van der Waals surface area contributed by atoms with Gasteiger partial charge in [-0.1, -0.05) is 6.07 Å². The molecular formula is C21H22F4N4O4. The summed E-state index contributed by atoms with van der Waals surface area (Å²) in [6, 6.07) is 5.46. The van der Waals surface area contributed by atoms with Crippen LogP contribution in [0.3, 0.4) is 0 Å². The molecule has 1 saturated heterocycles. The van der Waals surface area contributed by atoms with Gasteiger partial charge in [-0.3, -0.25) is 0 Å². The smallest absolute Gasteiger partial charge is 0.433 e. The second-order valence-electron chi connectivity index (χ2n) is 8.30. The fraction of sp³-hybridized carbons (Fsp3) is 0.476. The SMILES string of the molecule is O=C(O)N(CC1(O)CCN(c2nc(Oc3cccc(F)c3)cc(C(F)(F)F)n2)CC1)C1CC1. The van der Waals surface area contributed by atoms with E-state index in [1.807, 2.05) is 0 Å². The van der Waals surface area contributed by atoms with Crippen LogP contribution in [0.4, 0.5) is 28.3 Å². The highest BCUT2D eigenvalue weighted by atomic mass is 19.4. The monoisotopic (exact) mass is 470 g/mol. The van der Waals surface area contributed by atoms with Gasteiger partial charge < -0.3 is 24.7 Å². The number of benzene rings is 1. The fourth-order valence-electron chi connectivity index (χ4n) is 3.74. The Labute approximate surface area is 186 Å². The molecule has 2 aliphatic rings. The summed E-state index contributed by atoms with van der Waals surface area (Å²) in [4.78, 5) is 21.8. The molecule has 1 saturated carbocycles. The van der Waals surface area contributed by atoms with Crippen LogP contribution in [0.1, 0.15) is 31.4 Å². The molecule has 4 rings (SSSR count). The Kier molecular flexibility index (Phi) is 6.04. The van der Waals surface area contributed by atoms with E-state index in [1.54, 1.807) is 0 Å². The number of carboxylic acid groups (broad SMARTS) is 1. The first-order chi connectivity index (χ1) is 15.5. The van der Waals surface area contributed by atoms with Crippen molar-refractivity contribution in [2.24, 2.45) is 0 Å². The van der Waals surface area contributed by atoms with Crippen LogP contribution in [0, 0.1) is 5.82 Å². The van der Waals surface area contributed by atoms with Crippen molar-refractivity contribution in [1.29, 1.82) is 0 Å². The van der Waals surface area contributed by atoms with Crippen molar-refractivity contribution in [3.8, 4) is 11.6 Å². The summed E-state index contributed by atoms with van der Waals surface area (Å²) >= 11 is 0. The Morgan fingerprint density at radius 2 is 1.91 bits per heavy atom. The highest BCUT2D eigenvalue weighted by Gasteiger charge is 2.41. The first kappa shape index (κ1) is 23.0. The van der Waals surface area contributed by atoms with Crippen LogP contribution in [0.5, 0.6) is 11.6 Å². The minimum Gasteiger partial charge on any atom is -0.465 e. The molecule has 2 heterocycles. The van der Waals surface area contributed by atoms with Crippen molar-refractivity contribution < 1.29 is 37.3 Å². The van der Waals surface area contributed by atoms with Gasteiger partial charge in [-0.05, 0) is 37.8 Å². The Morgan fingerprint density at radius 3 is 2.48 bits per heavy atom. The van der Waals surface area contributed by atoms with Gasteiger partial charge in [-0.2, -0.15) is 18.2 Å².